The molecule has 6 nitrogen and oxygen atoms in total. The summed E-state index contributed by atoms with van der Waals surface area (Å²) < 4.78 is 1.97. The molecule has 1 aromatic heterocycles. The van der Waals surface area contributed by atoms with E-state index in [0.29, 0.717) is 13.1 Å². The summed E-state index contributed by atoms with van der Waals surface area (Å²) in [6.07, 6.45) is 0. The monoisotopic (exact) mass is 357 g/mol. The first-order valence-corrected chi connectivity index (χ1v) is 9.11. The van der Waals surface area contributed by atoms with Crippen LogP contribution >= 0.6 is 0 Å². The first-order valence-electron chi connectivity index (χ1n) is 9.11. The smallest absolute Gasteiger partial charge is 0.191 e. The van der Waals surface area contributed by atoms with Crippen LogP contribution in [0.25, 0.3) is 5.69 Å². The Morgan fingerprint density at radius 3 is 2.58 bits per heavy atom. The summed E-state index contributed by atoms with van der Waals surface area (Å²) in [5, 5.41) is 20.6. The average molecular weight is 358 g/mol. The zero-order chi connectivity index (χ0) is 19.2. The van der Waals surface area contributed by atoms with Crippen LogP contribution in [0.15, 0.2) is 35.3 Å². The van der Waals surface area contributed by atoms with Crippen LogP contribution in [-0.4, -0.2) is 40.5 Å². The topological polar surface area (TPSA) is 74.5 Å². The number of nitrogens with one attached hydrogen (secondary N) is 2. The largest absolute Gasteiger partial charge is 0.396 e. The molecule has 0 aliphatic heterocycles. The molecule has 0 amide bonds. The van der Waals surface area contributed by atoms with Crippen LogP contribution in [0.3, 0.4) is 0 Å². The molecule has 3 N–H and O–H groups in total. The van der Waals surface area contributed by atoms with Gasteiger partial charge in [-0.15, -0.1) is 0 Å². The van der Waals surface area contributed by atoms with Crippen LogP contribution in [0.5, 0.6) is 0 Å². The van der Waals surface area contributed by atoms with Crippen molar-refractivity contribution in [2.45, 2.75) is 41.2 Å². The van der Waals surface area contributed by atoms with Crippen LogP contribution in [0.4, 0.5) is 0 Å². The molecule has 142 valence electrons. The molecule has 6 heteroatoms. The summed E-state index contributed by atoms with van der Waals surface area (Å²) in [5.74, 6) is 0.747. The lowest BCUT2D eigenvalue weighted by molar-refractivity contribution is 0.162. The Bertz CT molecular complexity index is 748. The first kappa shape index (κ1) is 20.0. The quantitative estimate of drug-likeness (QED) is 0.526. The Morgan fingerprint density at radius 2 is 1.96 bits per heavy atom. The van der Waals surface area contributed by atoms with E-state index in [1.54, 1.807) is 0 Å². The standard InChI is InChI=1S/C20H31N5O/c1-6-21-19(23-13-20(4,5)14-26)22-12-17-9-7-8-10-18(17)25-16(3)11-15(2)24-25/h7-11,26H,6,12-14H2,1-5H3,(H2,21,22,23). The number of aliphatic imine (C=N–C) groups is 1. The van der Waals surface area contributed by atoms with E-state index in [1.807, 2.05) is 44.5 Å². The highest BCUT2D eigenvalue weighted by molar-refractivity contribution is 5.79. The number of hydrogen-bond acceptors (Lipinski definition) is 3. The zero-order valence-electron chi connectivity index (χ0n) is 16.5. The van der Waals surface area contributed by atoms with Gasteiger partial charge in [0.2, 0.25) is 0 Å². The lowest BCUT2D eigenvalue weighted by Crippen LogP contribution is -2.43. The van der Waals surface area contributed by atoms with Gasteiger partial charge in [-0.1, -0.05) is 32.0 Å². The molecule has 0 spiro atoms. The molecule has 0 aliphatic carbocycles. The van der Waals surface area contributed by atoms with Crippen molar-refractivity contribution in [2.24, 2.45) is 10.4 Å². The molecule has 26 heavy (non-hydrogen) atoms. The number of hydrogen-bond donors (Lipinski definition) is 3. The Hall–Kier alpha value is -2.34. The molecule has 1 aromatic carbocycles. The number of para-hydroxylation sites is 1. The number of benzene rings is 1. The molecule has 0 atom stereocenters. The second-order valence-electron chi connectivity index (χ2n) is 7.34. The number of guanidine groups is 1. The number of aliphatic hydroxyl groups is 1. The van der Waals surface area contributed by atoms with Crippen LogP contribution in [-0.2, 0) is 6.54 Å². The van der Waals surface area contributed by atoms with E-state index >= 15 is 0 Å². The van der Waals surface area contributed by atoms with Gasteiger partial charge in [-0.05, 0) is 38.5 Å². The first-order chi connectivity index (χ1) is 12.4. The molecule has 2 rings (SSSR count). The van der Waals surface area contributed by atoms with Gasteiger partial charge in [-0.2, -0.15) is 5.10 Å². The van der Waals surface area contributed by atoms with E-state index < -0.39 is 0 Å². The van der Waals surface area contributed by atoms with Crippen LogP contribution in [0, 0.1) is 19.3 Å². The average Bonchev–Trinajstić information content (AvgIpc) is 2.96. The summed E-state index contributed by atoms with van der Waals surface area (Å²) in [4.78, 5) is 4.72. The van der Waals surface area contributed by atoms with Gasteiger partial charge in [-0.3, -0.25) is 0 Å². The van der Waals surface area contributed by atoms with E-state index in [4.69, 9.17) is 4.99 Å². The minimum absolute atomic E-state index is 0.125. The molecular formula is C20H31N5O. The SMILES string of the molecule is CCNC(=NCc1ccccc1-n1nc(C)cc1C)NCC(C)(C)CO. The van der Waals surface area contributed by atoms with Gasteiger partial charge in [0.1, 0.15) is 0 Å². The molecule has 0 unspecified atom stereocenters. The van der Waals surface area contributed by atoms with Gasteiger partial charge in [0, 0.05) is 30.8 Å². The van der Waals surface area contributed by atoms with Crippen LogP contribution < -0.4 is 10.6 Å². The maximum absolute atomic E-state index is 9.43. The number of aromatic nitrogens is 2. The van der Waals surface area contributed by atoms with E-state index in [1.165, 1.54) is 0 Å². The lowest BCUT2D eigenvalue weighted by atomic mass is 9.95. The number of aryl methyl sites for hydroxylation is 2. The van der Waals surface area contributed by atoms with Gasteiger partial charge in [-0.25, -0.2) is 9.67 Å². The number of aliphatic hydroxyl groups excluding tert-OH is 1. The minimum Gasteiger partial charge on any atom is -0.396 e. The fraction of sp³-hybridized carbons (Fsp3) is 0.500. The predicted molar refractivity (Wildman–Crippen MR) is 107 cm³/mol. The maximum atomic E-state index is 9.43. The van der Waals surface area contributed by atoms with Crippen molar-refractivity contribution >= 4 is 5.96 Å². The van der Waals surface area contributed by atoms with Gasteiger partial charge in [0.15, 0.2) is 5.96 Å². The third-order valence-electron chi connectivity index (χ3n) is 4.14. The highest BCUT2D eigenvalue weighted by atomic mass is 16.3. The van der Waals surface area contributed by atoms with E-state index in [9.17, 15) is 5.11 Å². The van der Waals surface area contributed by atoms with Gasteiger partial charge in [0.05, 0.1) is 17.9 Å². The lowest BCUT2D eigenvalue weighted by Gasteiger charge is -2.23. The molecule has 0 saturated heterocycles. The second kappa shape index (κ2) is 8.85. The van der Waals surface area contributed by atoms with Crippen LogP contribution in [0.1, 0.15) is 37.7 Å². The zero-order valence-corrected chi connectivity index (χ0v) is 16.5. The van der Waals surface area contributed by atoms with Gasteiger partial charge >= 0.3 is 0 Å². The third-order valence-corrected chi connectivity index (χ3v) is 4.14. The summed E-state index contributed by atoms with van der Waals surface area (Å²) in [6.45, 7) is 12.2. The fourth-order valence-electron chi connectivity index (χ4n) is 2.61. The fourth-order valence-corrected chi connectivity index (χ4v) is 2.61. The van der Waals surface area contributed by atoms with Gasteiger partial charge in [0.25, 0.3) is 0 Å². The van der Waals surface area contributed by atoms with Crippen LogP contribution in [0.2, 0.25) is 0 Å². The maximum Gasteiger partial charge on any atom is 0.191 e. The summed E-state index contributed by atoms with van der Waals surface area (Å²) >= 11 is 0. The molecule has 0 bridgehead atoms. The van der Waals surface area contributed by atoms with E-state index in [0.717, 1.165) is 35.1 Å². The van der Waals surface area contributed by atoms with E-state index in [2.05, 4.69) is 40.9 Å². The molecule has 2 aromatic rings. The highest BCUT2D eigenvalue weighted by Gasteiger charge is 2.16. The Labute approximate surface area is 156 Å². The van der Waals surface area contributed by atoms with Crippen molar-refractivity contribution in [3.05, 3.63) is 47.3 Å². The highest BCUT2D eigenvalue weighted by Crippen LogP contribution is 2.18. The molecule has 0 aliphatic rings. The Balaban J connectivity index is 2.20. The molecule has 1 heterocycles. The molecule has 0 saturated carbocycles. The second-order valence-corrected chi connectivity index (χ2v) is 7.34. The third kappa shape index (κ3) is 5.33. The van der Waals surface area contributed by atoms with Crippen molar-refractivity contribution in [3.8, 4) is 5.69 Å². The molecule has 0 fully saturated rings. The number of rotatable bonds is 7. The molecule has 0 radical (unpaired) electrons. The van der Waals surface area contributed by atoms with E-state index in [-0.39, 0.29) is 12.0 Å². The molecular weight excluding hydrogens is 326 g/mol. The summed E-state index contributed by atoms with van der Waals surface area (Å²) in [6, 6.07) is 10.3. The van der Waals surface area contributed by atoms with Crippen molar-refractivity contribution in [3.63, 3.8) is 0 Å². The number of nitrogens with zero attached hydrogens (tertiary/aromatic N) is 3. The van der Waals surface area contributed by atoms with Crippen molar-refractivity contribution in [1.82, 2.24) is 20.4 Å². The summed E-state index contributed by atoms with van der Waals surface area (Å²) in [5.41, 5.74) is 4.07. The normalized spacial score (nSPS) is 12.3. The Kier molecular flexibility index (Phi) is 6.80. The van der Waals surface area contributed by atoms with Crippen molar-refractivity contribution in [2.75, 3.05) is 19.7 Å². The predicted octanol–water partition coefficient (Wildman–Crippen LogP) is 2.56. The van der Waals surface area contributed by atoms with Gasteiger partial charge < -0.3 is 15.7 Å². The Morgan fingerprint density at radius 1 is 1.23 bits per heavy atom. The van der Waals surface area contributed by atoms with Crippen molar-refractivity contribution in [1.29, 1.82) is 0 Å². The van der Waals surface area contributed by atoms with Crippen molar-refractivity contribution < 1.29 is 5.11 Å². The minimum atomic E-state index is -0.197. The summed E-state index contributed by atoms with van der Waals surface area (Å²) in [7, 11) is 0.